The van der Waals surface area contributed by atoms with Crippen LogP contribution in [0.15, 0.2) is 47.4 Å². The Kier molecular flexibility index (Phi) is 6.78. The second kappa shape index (κ2) is 8.67. The van der Waals surface area contributed by atoms with Gasteiger partial charge in [0.15, 0.2) is 0 Å². The first kappa shape index (κ1) is 21.1. The molecule has 5 nitrogen and oxygen atoms in total. The van der Waals surface area contributed by atoms with Crippen molar-refractivity contribution >= 4 is 15.9 Å². The van der Waals surface area contributed by atoms with E-state index in [1.54, 1.807) is 13.8 Å². The number of aryl methyl sites for hydroxylation is 3. The van der Waals surface area contributed by atoms with E-state index in [2.05, 4.69) is 10.0 Å². The topological polar surface area (TPSA) is 75.3 Å². The summed E-state index contributed by atoms with van der Waals surface area (Å²) in [5.74, 6) is -0.333. The van der Waals surface area contributed by atoms with Crippen LogP contribution in [0.25, 0.3) is 0 Å². The van der Waals surface area contributed by atoms with Gasteiger partial charge >= 0.3 is 0 Å². The smallest absolute Gasteiger partial charge is 0.241 e. The molecule has 0 fully saturated rings. The van der Waals surface area contributed by atoms with Gasteiger partial charge in [0.2, 0.25) is 15.9 Å². The highest BCUT2D eigenvalue weighted by molar-refractivity contribution is 7.89. The summed E-state index contributed by atoms with van der Waals surface area (Å²) >= 11 is 0. The molecule has 2 rings (SSSR count). The van der Waals surface area contributed by atoms with Gasteiger partial charge in [-0.25, -0.2) is 8.42 Å². The van der Waals surface area contributed by atoms with Crippen LogP contribution < -0.4 is 10.0 Å². The molecule has 2 N–H and O–H groups in total. The number of nitrogens with one attached hydrogen (secondary N) is 2. The summed E-state index contributed by atoms with van der Waals surface area (Å²) in [4.78, 5) is 12.9. The number of rotatable bonds is 7. The van der Waals surface area contributed by atoms with E-state index in [0.29, 0.717) is 11.1 Å². The molecule has 0 spiro atoms. The molecule has 0 aliphatic heterocycles. The van der Waals surface area contributed by atoms with Crippen LogP contribution in [0.2, 0.25) is 0 Å². The molecule has 0 unspecified atom stereocenters. The predicted molar refractivity (Wildman–Crippen MR) is 108 cm³/mol. The predicted octanol–water partition coefficient (Wildman–Crippen LogP) is 3.03. The number of carbonyl (C=O) groups is 1. The minimum absolute atomic E-state index is 0.0804. The molecule has 0 aliphatic carbocycles. The van der Waals surface area contributed by atoms with Gasteiger partial charge < -0.3 is 5.32 Å². The molecule has 6 heteroatoms. The Balaban J connectivity index is 2.37. The lowest BCUT2D eigenvalue weighted by atomic mass is 10.1. The zero-order chi connectivity index (χ0) is 20.2. The molecule has 146 valence electrons. The zero-order valence-corrected chi connectivity index (χ0v) is 17.4. The maximum atomic E-state index is 13.1. The van der Waals surface area contributed by atoms with E-state index in [4.69, 9.17) is 0 Å². The van der Waals surface area contributed by atoms with Crippen molar-refractivity contribution in [2.45, 2.75) is 58.0 Å². The lowest BCUT2D eigenvalue weighted by molar-refractivity contribution is -0.123. The maximum absolute atomic E-state index is 13.1. The van der Waals surface area contributed by atoms with Crippen molar-refractivity contribution in [3.05, 3.63) is 64.7 Å². The van der Waals surface area contributed by atoms with Crippen LogP contribution in [-0.2, 0) is 21.2 Å². The van der Waals surface area contributed by atoms with Gasteiger partial charge in [0, 0.05) is 6.04 Å². The Morgan fingerprint density at radius 3 is 2.07 bits per heavy atom. The molecule has 0 bridgehead atoms. The SMILES string of the molecule is Cc1cc(C)c(S(=O)(=O)N[C@@H](Cc2ccccc2)C(=O)NC(C)C)c(C)c1. The van der Waals surface area contributed by atoms with Crippen LogP contribution in [0.1, 0.15) is 36.1 Å². The van der Waals surface area contributed by atoms with Crippen molar-refractivity contribution in [3.8, 4) is 0 Å². The van der Waals surface area contributed by atoms with Gasteiger partial charge in [-0.2, -0.15) is 4.72 Å². The monoisotopic (exact) mass is 388 g/mol. The summed E-state index contributed by atoms with van der Waals surface area (Å²) in [5.41, 5.74) is 3.23. The van der Waals surface area contributed by atoms with E-state index in [1.165, 1.54) is 0 Å². The Morgan fingerprint density at radius 1 is 1.00 bits per heavy atom. The van der Waals surface area contributed by atoms with E-state index < -0.39 is 16.1 Å². The fourth-order valence-corrected chi connectivity index (χ4v) is 4.91. The number of amides is 1. The highest BCUT2D eigenvalue weighted by Gasteiger charge is 2.28. The molecular weight excluding hydrogens is 360 g/mol. The average Bonchev–Trinajstić information content (AvgIpc) is 2.53. The molecular formula is C21H28N2O3S. The fraction of sp³-hybridized carbons (Fsp3) is 0.381. The van der Waals surface area contributed by atoms with Crippen LogP contribution in [0.4, 0.5) is 0 Å². The van der Waals surface area contributed by atoms with Gasteiger partial charge in [-0.1, -0.05) is 48.0 Å². The van der Waals surface area contributed by atoms with Crippen molar-refractivity contribution < 1.29 is 13.2 Å². The number of hydrogen-bond acceptors (Lipinski definition) is 3. The lowest BCUT2D eigenvalue weighted by Gasteiger charge is -2.21. The van der Waals surface area contributed by atoms with Crippen LogP contribution in [0.3, 0.4) is 0 Å². The summed E-state index contributed by atoms with van der Waals surface area (Å²) in [5, 5.41) is 2.81. The van der Waals surface area contributed by atoms with Crippen LogP contribution in [-0.4, -0.2) is 26.4 Å². The highest BCUT2D eigenvalue weighted by atomic mass is 32.2. The zero-order valence-electron chi connectivity index (χ0n) is 16.5. The molecule has 1 atom stereocenters. The molecule has 27 heavy (non-hydrogen) atoms. The standard InChI is InChI=1S/C21H28N2O3S/c1-14(2)22-21(24)19(13-18-9-7-6-8-10-18)23-27(25,26)20-16(4)11-15(3)12-17(20)5/h6-12,14,19,23H,13H2,1-5H3,(H,22,24)/t19-/m0/s1. The Labute approximate surface area is 162 Å². The summed E-state index contributed by atoms with van der Waals surface area (Å²) in [7, 11) is -3.85. The minimum atomic E-state index is -3.85. The van der Waals surface area contributed by atoms with Gasteiger partial charge in [0.1, 0.15) is 6.04 Å². The van der Waals surface area contributed by atoms with Crippen molar-refractivity contribution in [1.82, 2.24) is 10.0 Å². The largest absolute Gasteiger partial charge is 0.353 e. The van der Waals surface area contributed by atoms with Gasteiger partial charge in [-0.05, 0) is 57.7 Å². The first-order valence-corrected chi connectivity index (χ1v) is 10.5. The van der Waals surface area contributed by atoms with E-state index in [1.807, 2.05) is 63.2 Å². The van der Waals surface area contributed by atoms with Gasteiger partial charge in [-0.15, -0.1) is 0 Å². The third-order valence-electron chi connectivity index (χ3n) is 4.20. The van der Waals surface area contributed by atoms with Crippen LogP contribution in [0.5, 0.6) is 0 Å². The third kappa shape index (κ3) is 5.65. The Morgan fingerprint density at radius 2 is 1.56 bits per heavy atom. The highest BCUT2D eigenvalue weighted by Crippen LogP contribution is 2.22. The van der Waals surface area contributed by atoms with E-state index in [9.17, 15) is 13.2 Å². The molecule has 0 radical (unpaired) electrons. The van der Waals surface area contributed by atoms with Crippen LogP contribution >= 0.6 is 0 Å². The normalized spacial score (nSPS) is 12.8. The molecule has 0 aliphatic rings. The van der Waals surface area contributed by atoms with Gasteiger partial charge in [-0.3, -0.25) is 4.79 Å². The first-order valence-electron chi connectivity index (χ1n) is 9.04. The summed E-state index contributed by atoms with van der Waals surface area (Å²) in [6, 6.07) is 12.1. The molecule has 0 heterocycles. The van der Waals surface area contributed by atoms with Gasteiger partial charge in [0.05, 0.1) is 4.90 Å². The maximum Gasteiger partial charge on any atom is 0.241 e. The summed E-state index contributed by atoms with van der Waals surface area (Å²) < 4.78 is 28.8. The molecule has 0 aromatic heterocycles. The van der Waals surface area contributed by atoms with Gasteiger partial charge in [0.25, 0.3) is 0 Å². The second-order valence-corrected chi connectivity index (χ2v) is 8.91. The molecule has 0 saturated heterocycles. The van der Waals surface area contributed by atoms with E-state index in [-0.39, 0.29) is 23.3 Å². The third-order valence-corrected chi connectivity index (χ3v) is 5.98. The summed E-state index contributed by atoms with van der Waals surface area (Å²) in [6.07, 6.45) is 0.280. The number of hydrogen-bond donors (Lipinski definition) is 2. The lowest BCUT2D eigenvalue weighted by Crippen LogP contribution is -2.49. The van der Waals surface area contributed by atoms with Crippen molar-refractivity contribution in [1.29, 1.82) is 0 Å². The fourth-order valence-electron chi connectivity index (χ4n) is 3.26. The van der Waals surface area contributed by atoms with E-state index in [0.717, 1.165) is 11.1 Å². The first-order chi connectivity index (χ1) is 12.6. The van der Waals surface area contributed by atoms with E-state index >= 15 is 0 Å². The second-order valence-electron chi connectivity index (χ2n) is 7.25. The Bertz CT molecular complexity index is 883. The Hall–Kier alpha value is -2.18. The van der Waals surface area contributed by atoms with Crippen LogP contribution in [0, 0.1) is 20.8 Å². The minimum Gasteiger partial charge on any atom is -0.353 e. The quantitative estimate of drug-likeness (QED) is 0.766. The number of sulfonamides is 1. The van der Waals surface area contributed by atoms with Crippen molar-refractivity contribution in [2.75, 3.05) is 0 Å². The number of carbonyl (C=O) groups excluding carboxylic acids is 1. The van der Waals surface area contributed by atoms with Crippen molar-refractivity contribution in [2.24, 2.45) is 0 Å². The van der Waals surface area contributed by atoms with Crippen molar-refractivity contribution in [3.63, 3.8) is 0 Å². The molecule has 0 saturated carbocycles. The molecule has 2 aromatic carbocycles. The molecule has 2 aromatic rings. The average molecular weight is 389 g/mol. The molecule has 1 amide bonds. The number of benzene rings is 2. The summed E-state index contributed by atoms with van der Waals surface area (Å²) in [6.45, 7) is 9.17.